The van der Waals surface area contributed by atoms with Crippen molar-refractivity contribution in [3.63, 3.8) is 0 Å². The molecule has 0 radical (unpaired) electrons. The smallest absolute Gasteiger partial charge is 0.268 e. The summed E-state index contributed by atoms with van der Waals surface area (Å²) in [6, 6.07) is 1.91. The van der Waals surface area contributed by atoms with Crippen LogP contribution in [0.1, 0.15) is 51.9 Å². The molecule has 2 N–H and O–H groups in total. The van der Waals surface area contributed by atoms with Crippen molar-refractivity contribution in [1.29, 1.82) is 0 Å². The van der Waals surface area contributed by atoms with Crippen LogP contribution in [0, 0.1) is 13.8 Å². The summed E-state index contributed by atoms with van der Waals surface area (Å²) >= 11 is 0. The van der Waals surface area contributed by atoms with Crippen LogP contribution >= 0.6 is 0 Å². The number of amides is 1. The minimum absolute atomic E-state index is 0.0264. The van der Waals surface area contributed by atoms with E-state index in [1.54, 1.807) is 18.5 Å². The van der Waals surface area contributed by atoms with Crippen molar-refractivity contribution in [2.24, 2.45) is 0 Å². The Labute approximate surface area is 146 Å². The molecule has 0 saturated carbocycles. The number of hydrogen-bond donors (Lipinski definition) is 2. The molecule has 3 rings (SSSR count). The predicted molar refractivity (Wildman–Crippen MR) is 95.0 cm³/mol. The number of carbonyl (C=O) groups excluding carboxylic acids is 2. The third-order valence-electron chi connectivity index (χ3n) is 4.68. The highest BCUT2D eigenvalue weighted by Crippen LogP contribution is 2.20. The van der Waals surface area contributed by atoms with Crippen molar-refractivity contribution >= 4 is 17.6 Å². The van der Waals surface area contributed by atoms with Gasteiger partial charge in [0.2, 0.25) is 5.95 Å². The molecule has 1 saturated heterocycles. The summed E-state index contributed by atoms with van der Waals surface area (Å²) in [6.45, 7) is 6.75. The average Bonchev–Trinajstić information content (AvgIpc) is 2.91. The summed E-state index contributed by atoms with van der Waals surface area (Å²) in [6.07, 6.45) is 5.14. The Hall–Kier alpha value is -2.70. The first kappa shape index (κ1) is 17.1. The predicted octanol–water partition coefficient (Wildman–Crippen LogP) is 2.02. The van der Waals surface area contributed by atoms with Crippen LogP contribution < -0.4 is 10.2 Å². The quantitative estimate of drug-likeness (QED) is 0.830. The summed E-state index contributed by atoms with van der Waals surface area (Å²) in [4.78, 5) is 38.0. The van der Waals surface area contributed by atoms with Gasteiger partial charge >= 0.3 is 0 Å². The van der Waals surface area contributed by atoms with Gasteiger partial charge in [-0.05, 0) is 45.2 Å². The number of anilines is 1. The number of Topliss-reactive ketones (excluding diaryl/α,β-unsaturated/α-hetero) is 1. The number of aromatic amines is 1. The number of H-pyrrole nitrogens is 1. The molecule has 1 aliphatic rings. The van der Waals surface area contributed by atoms with E-state index in [0.717, 1.165) is 43.1 Å². The van der Waals surface area contributed by atoms with E-state index in [9.17, 15) is 9.59 Å². The van der Waals surface area contributed by atoms with Crippen LogP contribution in [-0.2, 0) is 0 Å². The second-order valence-electron chi connectivity index (χ2n) is 6.46. The second kappa shape index (κ2) is 7.04. The Kier molecular flexibility index (Phi) is 4.83. The lowest BCUT2D eigenvalue weighted by atomic mass is 10.0. The number of piperidine rings is 1. The molecule has 0 aromatic carbocycles. The maximum atomic E-state index is 12.6. The first-order valence-electron chi connectivity index (χ1n) is 8.50. The summed E-state index contributed by atoms with van der Waals surface area (Å²) in [5, 5.41) is 3.08. The van der Waals surface area contributed by atoms with Gasteiger partial charge < -0.3 is 15.2 Å². The first-order chi connectivity index (χ1) is 12.0. The molecule has 0 unspecified atom stereocenters. The molecule has 1 aliphatic heterocycles. The summed E-state index contributed by atoms with van der Waals surface area (Å²) < 4.78 is 0. The van der Waals surface area contributed by atoms with Gasteiger partial charge in [0.25, 0.3) is 5.91 Å². The molecular weight excluding hydrogens is 318 g/mol. The molecule has 0 spiro atoms. The van der Waals surface area contributed by atoms with E-state index >= 15 is 0 Å². The minimum atomic E-state index is -0.150. The fraction of sp³-hybridized carbons (Fsp3) is 0.444. The Balaban J connectivity index is 1.62. The number of carbonyl (C=O) groups is 2. The zero-order chi connectivity index (χ0) is 18.0. The van der Waals surface area contributed by atoms with Gasteiger partial charge in [-0.1, -0.05) is 0 Å². The molecule has 2 aromatic rings. The van der Waals surface area contributed by atoms with Crippen molar-refractivity contribution in [2.45, 2.75) is 39.7 Å². The lowest BCUT2D eigenvalue weighted by molar-refractivity contribution is 0.0925. The number of rotatable bonds is 4. The normalized spacial score (nSPS) is 15.2. The van der Waals surface area contributed by atoms with E-state index in [1.807, 2.05) is 13.8 Å². The molecule has 0 atom stereocenters. The van der Waals surface area contributed by atoms with Gasteiger partial charge in [-0.3, -0.25) is 9.59 Å². The van der Waals surface area contributed by atoms with Gasteiger partial charge in [0.15, 0.2) is 5.78 Å². The van der Waals surface area contributed by atoms with E-state index in [2.05, 4.69) is 25.2 Å². The van der Waals surface area contributed by atoms with Gasteiger partial charge in [-0.2, -0.15) is 0 Å². The van der Waals surface area contributed by atoms with E-state index in [0.29, 0.717) is 11.3 Å². The number of ketones is 1. The number of nitrogens with zero attached hydrogens (tertiary/aromatic N) is 3. The van der Waals surface area contributed by atoms with Gasteiger partial charge in [0, 0.05) is 42.8 Å². The Bertz CT molecular complexity index is 776. The molecule has 132 valence electrons. The zero-order valence-electron chi connectivity index (χ0n) is 14.8. The van der Waals surface area contributed by atoms with Crippen LogP contribution in [0.15, 0.2) is 18.5 Å². The molecule has 1 fully saturated rings. The highest BCUT2D eigenvalue weighted by molar-refractivity contribution is 6.02. The lowest BCUT2D eigenvalue weighted by Crippen LogP contribution is -2.45. The first-order valence-corrected chi connectivity index (χ1v) is 8.50. The third kappa shape index (κ3) is 3.55. The topological polar surface area (TPSA) is 91.0 Å². The van der Waals surface area contributed by atoms with E-state index < -0.39 is 0 Å². The van der Waals surface area contributed by atoms with E-state index in [4.69, 9.17) is 0 Å². The fourth-order valence-corrected chi connectivity index (χ4v) is 3.44. The number of aromatic nitrogens is 3. The molecule has 3 heterocycles. The third-order valence-corrected chi connectivity index (χ3v) is 4.68. The van der Waals surface area contributed by atoms with Crippen LogP contribution in [-0.4, -0.2) is 45.8 Å². The highest BCUT2D eigenvalue weighted by Gasteiger charge is 2.25. The Morgan fingerprint density at radius 3 is 2.40 bits per heavy atom. The van der Waals surface area contributed by atoms with Gasteiger partial charge in [-0.15, -0.1) is 0 Å². The van der Waals surface area contributed by atoms with Gasteiger partial charge in [-0.25, -0.2) is 9.97 Å². The summed E-state index contributed by atoms with van der Waals surface area (Å²) in [7, 11) is 0. The lowest BCUT2D eigenvalue weighted by Gasteiger charge is -2.32. The summed E-state index contributed by atoms with van der Waals surface area (Å²) in [5.41, 5.74) is 2.56. The number of nitrogens with one attached hydrogen (secondary N) is 2. The zero-order valence-corrected chi connectivity index (χ0v) is 14.8. The SMILES string of the molecule is CC(=O)c1c(C)[nH]c(C(=O)NC2CCN(c3ncccn3)CC2)c1C. The fourth-order valence-electron chi connectivity index (χ4n) is 3.44. The van der Waals surface area contributed by atoms with Crippen molar-refractivity contribution in [3.8, 4) is 0 Å². The minimum Gasteiger partial charge on any atom is -0.354 e. The number of hydrogen-bond acceptors (Lipinski definition) is 5. The maximum Gasteiger partial charge on any atom is 0.268 e. The number of aryl methyl sites for hydroxylation is 1. The van der Waals surface area contributed by atoms with Crippen LogP contribution in [0.4, 0.5) is 5.95 Å². The van der Waals surface area contributed by atoms with Gasteiger partial charge in [0.05, 0.1) is 0 Å². The van der Waals surface area contributed by atoms with Crippen LogP contribution in [0.5, 0.6) is 0 Å². The van der Waals surface area contributed by atoms with Crippen molar-refractivity contribution in [1.82, 2.24) is 20.3 Å². The summed E-state index contributed by atoms with van der Waals surface area (Å²) in [5.74, 6) is 0.554. The maximum absolute atomic E-state index is 12.6. The van der Waals surface area contributed by atoms with Gasteiger partial charge in [0.1, 0.15) is 5.69 Å². The second-order valence-corrected chi connectivity index (χ2v) is 6.46. The Morgan fingerprint density at radius 2 is 1.84 bits per heavy atom. The molecule has 7 nitrogen and oxygen atoms in total. The monoisotopic (exact) mass is 341 g/mol. The van der Waals surface area contributed by atoms with Crippen molar-refractivity contribution in [2.75, 3.05) is 18.0 Å². The molecule has 25 heavy (non-hydrogen) atoms. The van der Waals surface area contributed by atoms with Crippen molar-refractivity contribution < 1.29 is 9.59 Å². The molecular formula is C18H23N5O2. The highest BCUT2D eigenvalue weighted by atomic mass is 16.2. The van der Waals surface area contributed by atoms with Crippen LogP contribution in [0.25, 0.3) is 0 Å². The van der Waals surface area contributed by atoms with Crippen LogP contribution in [0.3, 0.4) is 0 Å². The van der Waals surface area contributed by atoms with Crippen LogP contribution in [0.2, 0.25) is 0 Å². The van der Waals surface area contributed by atoms with E-state index in [1.165, 1.54) is 6.92 Å². The van der Waals surface area contributed by atoms with E-state index in [-0.39, 0.29) is 17.7 Å². The largest absolute Gasteiger partial charge is 0.354 e. The van der Waals surface area contributed by atoms with Crippen molar-refractivity contribution in [3.05, 3.63) is 41.0 Å². The average molecular weight is 341 g/mol. The Morgan fingerprint density at radius 1 is 1.20 bits per heavy atom. The molecule has 7 heteroatoms. The standard InChI is InChI=1S/C18H23N5O2/c1-11-15(13(3)24)12(2)21-16(11)17(25)22-14-5-9-23(10-6-14)18-19-7-4-8-20-18/h4,7-8,14,21H,5-6,9-10H2,1-3H3,(H,22,25). The molecule has 2 aromatic heterocycles. The molecule has 0 aliphatic carbocycles. The molecule has 1 amide bonds. The molecule has 0 bridgehead atoms.